The lowest BCUT2D eigenvalue weighted by molar-refractivity contribution is -0.146. The third-order valence-corrected chi connectivity index (χ3v) is 4.85. The van der Waals surface area contributed by atoms with Crippen LogP contribution in [-0.2, 0) is 4.79 Å². The average Bonchev–Trinajstić information content (AvgIpc) is 2.55. The Morgan fingerprint density at radius 1 is 1.13 bits per heavy atom. The van der Waals surface area contributed by atoms with E-state index in [1.54, 1.807) is 0 Å². The summed E-state index contributed by atoms with van der Waals surface area (Å²) < 4.78 is 0. The lowest BCUT2D eigenvalue weighted by atomic mass is 9.72. The SMILES string of the molecule is CCCCCCCC1(C(=O)O)C=CC(c2ccccc2)=C(C)C1. The molecule has 1 aromatic carbocycles. The molecule has 0 heterocycles. The van der Waals surface area contributed by atoms with Crippen LogP contribution in [0, 0.1) is 5.41 Å². The van der Waals surface area contributed by atoms with E-state index in [1.165, 1.54) is 36.0 Å². The van der Waals surface area contributed by atoms with Crippen LogP contribution in [0.3, 0.4) is 0 Å². The van der Waals surface area contributed by atoms with E-state index in [4.69, 9.17) is 0 Å². The van der Waals surface area contributed by atoms with E-state index in [0.29, 0.717) is 6.42 Å². The molecule has 0 bridgehead atoms. The van der Waals surface area contributed by atoms with Gasteiger partial charge in [-0.3, -0.25) is 4.79 Å². The summed E-state index contributed by atoms with van der Waals surface area (Å²) >= 11 is 0. The summed E-state index contributed by atoms with van der Waals surface area (Å²) in [5, 5.41) is 9.79. The molecule has 0 aromatic heterocycles. The quantitative estimate of drug-likeness (QED) is 0.611. The molecule has 1 aliphatic rings. The number of benzene rings is 1. The molecule has 0 fully saturated rings. The molecule has 2 nitrogen and oxygen atoms in total. The molecule has 0 spiro atoms. The molecule has 23 heavy (non-hydrogen) atoms. The first-order valence-corrected chi connectivity index (χ1v) is 8.77. The smallest absolute Gasteiger partial charge is 0.313 e. The molecular weight excluding hydrogens is 284 g/mol. The van der Waals surface area contributed by atoms with E-state index < -0.39 is 11.4 Å². The molecule has 2 rings (SSSR count). The Hall–Kier alpha value is -1.83. The van der Waals surface area contributed by atoms with Crippen LogP contribution in [0.1, 0.15) is 64.4 Å². The van der Waals surface area contributed by atoms with Crippen LogP contribution in [-0.4, -0.2) is 11.1 Å². The monoisotopic (exact) mass is 312 g/mol. The number of carboxylic acid groups (broad SMARTS) is 1. The van der Waals surface area contributed by atoms with Crippen molar-refractivity contribution in [3.05, 3.63) is 53.6 Å². The summed E-state index contributed by atoms with van der Waals surface area (Å²) in [4.78, 5) is 11.9. The van der Waals surface area contributed by atoms with Gasteiger partial charge in [0.25, 0.3) is 0 Å². The number of allylic oxidation sites excluding steroid dienone is 3. The molecule has 0 saturated heterocycles. The van der Waals surface area contributed by atoms with Gasteiger partial charge in [0.1, 0.15) is 0 Å². The molecule has 1 aromatic rings. The second-order valence-corrected chi connectivity index (χ2v) is 6.70. The fourth-order valence-corrected chi connectivity index (χ4v) is 3.44. The molecule has 1 aliphatic carbocycles. The summed E-state index contributed by atoms with van der Waals surface area (Å²) in [6, 6.07) is 10.2. The topological polar surface area (TPSA) is 37.3 Å². The number of carboxylic acids is 1. The van der Waals surface area contributed by atoms with Crippen molar-refractivity contribution in [1.29, 1.82) is 0 Å². The molecule has 1 N–H and O–H groups in total. The van der Waals surface area contributed by atoms with Crippen molar-refractivity contribution < 1.29 is 9.90 Å². The van der Waals surface area contributed by atoms with Crippen LogP contribution in [0.5, 0.6) is 0 Å². The lowest BCUT2D eigenvalue weighted by Gasteiger charge is -2.31. The summed E-state index contributed by atoms with van der Waals surface area (Å²) in [5.74, 6) is -0.685. The van der Waals surface area contributed by atoms with E-state index >= 15 is 0 Å². The fourth-order valence-electron chi connectivity index (χ4n) is 3.44. The Morgan fingerprint density at radius 3 is 2.43 bits per heavy atom. The van der Waals surface area contributed by atoms with Gasteiger partial charge in [0.05, 0.1) is 5.41 Å². The number of hydrogen-bond donors (Lipinski definition) is 1. The molecular formula is C21H28O2. The van der Waals surface area contributed by atoms with Crippen molar-refractivity contribution in [2.75, 3.05) is 0 Å². The van der Waals surface area contributed by atoms with Crippen molar-refractivity contribution in [2.24, 2.45) is 5.41 Å². The fraction of sp³-hybridized carbons (Fsp3) is 0.476. The summed E-state index contributed by atoms with van der Waals surface area (Å²) in [6.45, 7) is 4.27. The van der Waals surface area contributed by atoms with E-state index in [1.807, 2.05) is 30.4 Å². The minimum Gasteiger partial charge on any atom is -0.481 e. The number of hydrogen-bond acceptors (Lipinski definition) is 1. The molecule has 1 unspecified atom stereocenters. The van der Waals surface area contributed by atoms with E-state index in [-0.39, 0.29) is 0 Å². The molecule has 2 heteroatoms. The van der Waals surface area contributed by atoms with Crippen LogP contribution in [0.15, 0.2) is 48.1 Å². The Balaban J connectivity index is 2.09. The third kappa shape index (κ3) is 4.34. The standard InChI is InChI=1S/C21H28O2/c1-3-4-5-6-10-14-21(20(22)23)15-13-19(17(2)16-21)18-11-8-7-9-12-18/h7-9,11-13,15H,3-6,10,14,16H2,1-2H3,(H,22,23). The number of unbranched alkanes of at least 4 members (excludes halogenated alkanes) is 4. The molecule has 0 radical (unpaired) electrons. The maximum absolute atomic E-state index is 11.9. The van der Waals surface area contributed by atoms with Gasteiger partial charge < -0.3 is 5.11 Å². The van der Waals surface area contributed by atoms with Gasteiger partial charge in [-0.15, -0.1) is 0 Å². The molecule has 124 valence electrons. The Bertz CT molecular complexity index is 583. The van der Waals surface area contributed by atoms with Crippen LogP contribution >= 0.6 is 0 Å². The predicted octanol–water partition coefficient (Wildman–Crippen LogP) is 5.85. The molecule has 0 aliphatic heterocycles. The van der Waals surface area contributed by atoms with Gasteiger partial charge in [0, 0.05) is 0 Å². The first-order chi connectivity index (χ1) is 11.1. The largest absolute Gasteiger partial charge is 0.481 e. The highest BCUT2D eigenvalue weighted by atomic mass is 16.4. The maximum atomic E-state index is 11.9. The zero-order chi connectivity index (χ0) is 16.7. The number of rotatable bonds is 8. The molecule has 0 saturated carbocycles. The predicted molar refractivity (Wildman–Crippen MR) is 96.2 cm³/mol. The van der Waals surface area contributed by atoms with Gasteiger partial charge in [-0.25, -0.2) is 0 Å². The van der Waals surface area contributed by atoms with Gasteiger partial charge in [-0.2, -0.15) is 0 Å². The van der Waals surface area contributed by atoms with E-state index in [2.05, 4.69) is 26.0 Å². The summed E-state index contributed by atoms with van der Waals surface area (Å²) in [7, 11) is 0. The van der Waals surface area contributed by atoms with Crippen molar-refractivity contribution >= 4 is 11.5 Å². The van der Waals surface area contributed by atoms with Crippen molar-refractivity contribution in [3.8, 4) is 0 Å². The zero-order valence-electron chi connectivity index (χ0n) is 14.3. The highest BCUT2D eigenvalue weighted by Crippen LogP contribution is 2.41. The van der Waals surface area contributed by atoms with Crippen molar-refractivity contribution in [3.63, 3.8) is 0 Å². The molecule has 1 atom stereocenters. The summed E-state index contributed by atoms with van der Waals surface area (Å²) in [5.41, 5.74) is 2.81. The van der Waals surface area contributed by atoms with Crippen molar-refractivity contribution in [1.82, 2.24) is 0 Å². The van der Waals surface area contributed by atoms with Crippen LogP contribution in [0.4, 0.5) is 0 Å². The van der Waals surface area contributed by atoms with Crippen LogP contribution in [0.25, 0.3) is 5.57 Å². The van der Waals surface area contributed by atoms with Gasteiger partial charge >= 0.3 is 5.97 Å². The maximum Gasteiger partial charge on any atom is 0.313 e. The highest BCUT2D eigenvalue weighted by Gasteiger charge is 2.37. The third-order valence-electron chi connectivity index (χ3n) is 4.85. The van der Waals surface area contributed by atoms with Gasteiger partial charge in [-0.05, 0) is 30.9 Å². The Kier molecular flexibility index (Phi) is 6.20. The highest BCUT2D eigenvalue weighted by molar-refractivity contribution is 5.84. The second-order valence-electron chi connectivity index (χ2n) is 6.70. The average molecular weight is 312 g/mol. The Labute approximate surface area is 139 Å². The first-order valence-electron chi connectivity index (χ1n) is 8.77. The van der Waals surface area contributed by atoms with Gasteiger partial charge in [0.15, 0.2) is 0 Å². The van der Waals surface area contributed by atoms with E-state index in [0.717, 1.165) is 19.3 Å². The van der Waals surface area contributed by atoms with Crippen molar-refractivity contribution in [2.45, 2.75) is 58.8 Å². The van der Waals surface area contributed by atoms with E-state index in [9.17, 15) is 9.90 Å². The van der Waals surface area contributed by atoms with Gasteiger partial charge in [0.2, 0.25) is 0 Å². The lowest BCUT2D eigenvalue weighted by Crippen LogP contribution is -2.31. The first kappa shape index (κ1) is 17.5. The van der Waals surface area contributed by atoms with Crippen LogP contribution in [0.2, 0.25) is 0 Å². The van der Waals surface area contributed by atoms with Gasteiger partial charge in [-0.1, -0.05) is 87.1 Å². The zero-order valence-corrected chi connectivity index (χ0v) is 14.3. The summed E-state index contributed by atoms with van der Waals surface area (Å²) in [6.07, 6.45) is 11.1. The Morgan fingerprint density at radius 2 is 1.83 bits per heavy atom. The normalized spacial score (nSPS) is 20.8. The number of carbonyl (C=O) groups is 1. The molecule has 0 amide bonds. The number of aliphatic carboxylic acids is 1. The minimum atomic E-state index is -0.714. The minimum absolute atomic E-state index is 0.622. The second kappa shape index (κ2) is 8.14. The van der Waals surface area contributed by atoms with Crippen LogP contribution < -0.4 is 0 Å².